The van der Waals surface area contributed by atoms with E-state index in [0.717, 1.165) is 0 Å². The van der Waals surface area contributed by atoms with Crippen LogP contribution in [0.1, 0.15) is 6.92 Å². The monoisotopic (exact) mass is 126 g/mol. The van der Waals surface area contributed by atoms with E-state index in [2.05, 4.69) is 28.0 Å². The Balaban J connectivity index is 3.94. The molecular formula is C6H10N2O. The number of methoxy groups -OCH3 is 1. The molecule has 0 unspecified atom stereocenters. The quantitative estimate of drug-likeness (QED) is 0.311. The summed E-state index contributed by atoms with van der Waals surface area (Å²) in [5.41, 5.74) is 0. The number of ether oxygens (including phenoxy) is 1. The first-order valence-electron chi connectivity index (χ1n) is 2.45. The normalized spacial score (nSPS) is 10.7. The van der Waals surface area contributed by atoms with Crippen LogP contribution in [-0.4, -0.2) is 19.7 Å². The number of rotatable bonds is 2. The summed E-state index contributed by atoms with van der Waals surface area (Å²) in [4.78, 5) is 7.32. The highest BCUT2D eigenvalue weighted by Crippen LogP contribution is 1.92. The molecule has 0 saturated heterocycles. The fraction of sp³-hybridized carbons (Fsp3) is 0.333. The van der Waals surface area contributed by atoms with Gasteiger partial charge in [0.1, 0.15) is 5.84 Å². The van der Waals surface area contributed by atoms with E-state index in [1.807, 2.05) is 0 Å². The molecule has 0 rings (SSSR count). The summed E-state index contributed by atoms with van der Waals surface area (Å²) >= 11 is 0. The zero-order valence-corrected chi connectivity index (χ0v) is 5.72. The molecule has 0 N–H and O–H groups in total. The van der Waals surface area contributed by atoms with E-state index < -0.39 is 0 Å². The van der Waals surface area contributed by atoms with Gasteiger partial charge in [-0.1, -0.05) is 0 Å². The van der Waals surface area contributed by atoms with Crippen LogP contribution in [0.5, 0.6) is 0 Å². The Hall–Kier alpha value is -1.12. The van der Waals surface area contributed by atoms with Gasteiger partial charge in [-0.3, -0.25) is 0 Å². The maximum absolute atomic E-state index is 4.65. The highest BCUT2D eigenvalue weighted by atomic mass is 16.5. The van der Waals surface area contributed by atoms with E-state index in [0.29, 0.717) is 11.7 Å². The van der Waals surface area contributed by atoms with E-state index >= 15 is 0 Å². The van der Waals surface area contributed by atoms with Gasteiger partial charge in [-0.05, 0) is 20.2 Å². The molecule has 0 aromatic rings. The van der Waals surface area contributed by atoms with Gasteiger partial charge in [0.05, 0.1) is 7.11 Å². The lowest BCUT2D eigenvalue weighted by molar-refractivity contribution is 0.290. The molecule has 0 aromatic heterocycles. The number of nitrogens with zero attached hydrogens (tertiary/aromatic N) is 2. The lowest BCUT2D eigenvalue weighted by atomic mass is 10.7. The third kappa shape index (κ3) is 3.46. The number of hydrogen-bond acceptors (Lipinski definition) is 2. The molecule has 0 aromatic carbocycles. The van der Waals surface area contributed by atoms with Gasteiger partial charge in [-0.2, -0.15) is 4.99 Å². The number of hydrogen-bond donors (Lipinski definition) is 0. The van der Waals surface area contributed by atoms with Crippen LogP contribution >= 0.6 is 0 Å². The highest BCUT2D eigenvalue weighted by molar-refractivity contribution is 5.84. The first kappa shape index (κ1) is 7.88. The summed E-state index contributed by atoms with van der Waals surface area (Å²) in [7, 11) is 1.50. The summed E-state index contributed by atoms with van der Waals surface area (Å²) < 4.78 is 4.65. The van der Waals surface area contributed by atoms with Crippen molar-refractivity contribution in [3.63, 3.8) is 0 Å². The molecule has 50 valence electrons. The Bertz CT molecular complexity index is 149. The van der Waals surface area contributed by atoms with Gasteiger partial charge in [0.15, 0.2) is 0 Å². The minimum Gasteiger partial charge on any atom is -0.481 e. The molecule has 0 fully saturated rings. The van der Waals surface area contributed by atoms with Crippen molar-refractivity contribution in [2.45, 2.75) is 6.92 Å². The standard InChI is InChI=1S/C6H10N2O/c1-5(7-3)8-6(2)9-4/h2-3H2,1,4H3/b8-5-. The van der Waals surface area contributed by atoms with Crippen molar-refractivity contribution in [3.8, 4) is 0 Å². The highest BCUT2D eigenvalue weighted by Gasteiger charge is 1.85. The van der Waals surface area contributed by atoms with Crippen LogP contribution < -0.4 is 0 Å². The van der Waals surface area contributed by atoms with Crippen molar-refractivity contribution in [1.82, 2.24) is 0 Å². The van der Waals surface area contributed by atoms with Crippen LogP contribution in [0.3, 0.4) is 0 Å². The summed E-state index contributed by atoms with van der Waals surface area (Å²) in [6.07, 6.45) is 0. The van der Waals surface area contributed by atoms with Gasteiger partial charge in [0.2, 0.25) is 5.88 Å². The lowest BCUT2D eigenvalue weighted by Gasteiger charge is -1.94. The molecule has 3 nitrogen and oxygen atoms in total. The summed E-state index contributed by atoms with van der Waals surface area (Å²) in [6.45, 7) is 8.45. The van der Waals surface area contributed by atoms with E-state index in [-0.39, 0.29) is 0 Å². The Morgan fingerprint density at radius 2 is 2.11 bits per heavy atom. The minimum absolute atomic E-state index is 0.347. The predicted molar refractivity (Wildman–Crippen MR) is 38.8 cm³/mol. The molecule has 3 heteroatoms. The van der Waals surface area contributed by atoms with Crippen LogP contribution in [0.15, 0.2) is 22.4 Å². The third-order valence-electron chi connectivity index (χ3n) is 0.751. The average molecular weight is 126 g/mol. The molecule has 0 saturated carbocycles. The molecule has 0 aliphatic rings. The fourth-order valence-corrected chi connectivity index (χ4v) is 0.261. The van der Waals surface area contributed by atoms with E-state index in [1.54, 1.807) is 6.92 Å². The van der Waals surface area contributed by atoms with Crippen molar-refractivity contribution >= 4 is 12.6 Å². The zero-order chi connectivity index (χ0) is 7.28. The van der Waals surface area contributed by atoms with Crippen LogP contribution in [0.4, 0.5) is 0 Å². The third-order valence-corrected chi connectivity index (χ3v) is 0.751. The van der Waals surface area contributed by atoms with Gasteiger partial charge in [0, 0.05) is 0 Å². The van der Waals surface area contributed by atoms with Crippen molar-refractivity contribution in [3.05, 3.63) is 12.5 Å². The summed E-state index contributed by atoms with van der Waals surface area (Å²) in [6, 6.07) is 0. The van der Waals surface area contributed by atoms with Crippen LogP contribution in [0.25, 0.3) is 0 Å². The molecule has 0 heterocycles. The molecule has 0 spiro atoms. The van der Waals surface area contributed by atoms with Gasteiger partial charge >= 0.3 is 0 Å². The van der Waals surface area contributed by atoms with Crippen molar-refractivity contribution in [2.75, 3.05) is 7.11 Å². The number of aliphatic imine (C=N–C) groups is 2. The summed E-state index contributed by atoms with van der Waals surface area (Å²) in [5.74, 6) is 0.904. The molecular weight excluding hydrogens is 116 g/mol. The Morgan fingerprint density at radius 1 is 1.56 bits per heavy atom. The molecule has 0 bridgehead atoms. The van der Waals surface area contributed by atoms with Crippen molar-refractivity contribution in [2.24, 2.45) is 9.98 Å². The Kier molecular flexibility index (Phi) is 3.35. The van der Waals surface area contributed by atoms with E-state index in [4.69, 9.17) is 0 Å². The maximum atomic E-state index is 4.65. The largest absolute Gasteiger partial charge is 0.481 e. The molecule has 0 aliphatic heterocycles. The lowest BCUT2D eigenvalue weighted by Crippen LogP contribution is -1.86. The SMILES string of the molecule is C=N/C(C)=N\C(=C)OC. The smallest absolute Gasteiger partial charge is 0.207 e. The van der Waals surface area contributed by atoms with Gasteiger partial charge < -0.3 is 4.74 Å². The first-order valence-corrected chi connectivity index (χ1v) is 2.45. The van der Waals surface area contributed by atoms with Crippen LogP contribution in [-0.2, 0) is 4.74 Å². The zero-order valence-electron chi connectivity index (χ0n) is 5.72. The van der Waals surface area contributed by atoms with Crippen LogP contribution in [0.2, 0.25) is 0 Å². The average Bonchev–Trinajstić information content (AvgIpc) is 1.87. The van der Waals surface area contributed by atoms with Gasteiger partial charge in [-0.25, -0.2) is 4.99 Å². The topological polar surface area (TPSA) is 34.0 Å². The predicted octanol–water partition coefficient (Wildman–Crippen LogP) is 1.22. The summed E-state index contributed by atoms with van der Waals surface area (Å²) in [5, 5.41) is 0. The van der Waals surface area contributed by atoms with E-state index in [1.165, 1.54) is 7.11 Å². The van der Waals surface area contributed by atoms with Crippen molar-refractivity contribution in [1.29, 1.82) is 0 Å². The molecule has 0 amide bonds. The van der Waals surface area contributed by atoms with Gasteiger partial charge in [-0.15, -0.1) is 0 Å². The molecule has 9 heavy (non-hydrogen) atoms. The Labute approximate surface area is 54.8 Å². The second-order valence-corrected chi connectivity index (χ2v) is 1.41. The van der Waals surface area contributed by atoms with Gasteiger partial charge in [0.25, 0.3) is 0 Å². The second-order valence-electron chi connectivity index (χ2n) is 1.41. The van der Waals surface area contributed by atoms with E-state index in [9.17, 15) is 0 Å². The van der Waals surface area contributed by atoms with Crippen LogP contribution in [0, 0.1) is 0 Å². The number of amidine groups is 1. The molecule has 0 radical (unpaired) electrons. The fourth-order valence-electron chi connectivity index (χ4n) is 0.261. The maximum Gasteiger partial charge on any atom is 0.207 e. The molecule has 0 aliphatic carbocycles. The second kappa shape index (κ2) is 3.83. The molecule has 0 atom stereocenters. The minimum atomic E-state index is 0.347. The Morgan fingerprint density at radius 3 is 2.44 bits per heavy atom. The first-order chi connectivity index (χ1) is 4.20. The van der Waals surface area contributed by atoms with Crippen molar-refractivity contribution < 1.29 is 4.74 Å².